The first-order valence-corrected chi connectivity index (χ1v) is 8.06. The second kappa shape index (κ2) is 7.64. The number of para-hydroxylation sites is 1. The van der Waals surface area contributed by atoms with Gasteiger partial charge in [-0.1, -0.05) is 24.3 Å². The number of nitrogens with one attached hydrogen (secondary N) is 2. The molecule has 1 aromatic heterocycles. The van der Waals surface area contributed by atoms with E-state index in [-0.39, 0.29) is 25.5 Å². The topological polar surface area (TPSA) is 101 Å². The van der Waals surface area contributed by atoms with Crippen LogP contribution in [0.15, 0.2) is 42.6 Å². The van der Waals surface area contributed by atoms with Gasteiger partial charge in [0, 0.05) is 18.3 Å². The zero-order chi connectivity index (χ0) is 18.5. The van der Waals surface area contributed by atoms with Crippen LogP contribution in [0.1, 0.15) is 11.1 Å². The van der Waals surface area contributed by atoms with Crippen molar-refractivity contribution >= 4 is 17.8 Å². The zero-order valence-corrected chi connectivity index (χ0v) is 14.2. The van der Waals surface area contributed by atoms with E-state index in [1.165, 1.54) is 0 Å². The molecule has 1 fully saturated rings. The molecule has 26 heavy (non-hydrogen) atoms. The number of nitrogens with zero attached hydrogens (tertiary/aromatic N) is 2. The molecule has 8 heteroatoms. The lowest BCUT2D eigenvalue weighted by Gasteiger charge is -2.14. The van der Waals surface area contributed by atoms with Crippen molar-refractivity contribution < 1.29 is 19.1 Å². The molecule has 8 nitrogen and oxygen atoms in total. The van der Waals surface area contributed by atoms with Crippen molar-refractivity contribution in [3.05, 3.63) is 53.7 Å². The van der Waals surface area contributed by atoms with E-state index in [1.54, 1.807) is 18.3 Å². The molecule has 0 radical (unpaired) electrons. The summed E-state index contributed by atoms with van der Waals surface area (Å²) in [4.78, 5) is 40.0. The van der Waals surface area contributed by atoms with Gasteiger partial charge in [-0.25, -0.2) is 9.78 Å². The first kappa shape index (κ1) is 17.4. The SMILES string of the molecule is Cc1ccccc1Oc1ncccc1CNC(=O)CN1CC(=O)NC1=O. The number of rotatable bonds is 6. The highest BCUT2D eigenvalue weighted by Crippen LogP contribution is 2.25. The van der Waals surface area contributed by atoms with E-state index in [1.807, 2.05) is 31.2 Å². The summed E-state index contributed by atoms with van der Waals surface area (Å²) in [6.45, 7) is 1.83. The van der Waals surface area contributed by atoms with E-state index in [2.05, 4.69) is 15.6 Å². The Morgan fingerprint density at radius 2 is 2.08 bits per heavy atom. The number of pyridine rings is 1. The van der Waals surface area contributed by atoms with Gasteiger partial charge in [0.1, 0.15) is 18.8 Å². The predicted molar refractivity (Wildman–Crippen MR) is 92.4 cm³/mol. The third-order valence-electron chi connectivity index (χ3n) is 3.83. The van der Waals surface area contributed by atoms with Crippen molar-refractivity contribution in [2.45, 2.75) is 13.5 Å². The van der Waals surface area contributed by atoms with Gasteiger partial charge in [0.25, 0.3) is 0 Å². The minimum absolute atomic E-state index is 0.110. The quantitative estimate of drug-likeness (QED) is 0.763. The number of aryl methyl sites for hydroxylation is 1. The van der Waals surface area contributed by atoms with Crippen LogP contribution < -0.4 is 15.4 Å². The van der Waals surface area contributed by atoms with Gasteiger partial charge in [0.2, 0.25) is 17.7 Å². The van der Waals surface area contributed by atoms with Crippen molar-refractivity contribution in [3.63, 3.8) is 0 Å². The van der Waals surface area contributed by atoms with Crippen LogP contribution in [0.5, 0.6) is 11.6 Å². The third-order valence-corrected chi connectivity index (χ3v) is 3.83. The first-order valence-electron chi connectivity index (χ1n) is 8.06. The number of hydrogen-bond donors (Lipinski definition) is 2. The molecule has 134 valence electrons. The molecule has 0 saturated carbocycles. The number of carbonyl (C=O) groups excluding carboxylic acids is 3. The van der Waals surface area contributed by atoms with Crippen LogP contribution in [0.25, 0.3) is 0 Å². The lowest BCUT2D eigenvalue weighted by Crippen LogP contribution is -2.38. The van der Waals surface area contributed by atoms with Crippen LogP contribution in [0.4, 0.5) is 4.79 Å². The van der Waals surface area contributed by atoms with Crippen molar-refractivity contribution in [2.24, 2.45) is 0 Å². The molecule has 0 atom stereocenters. The molecule has 1 aliphatic heterocycles. The van der Waals surface area contributed by atoms with Crippen LogP contribution in [-0.2, 0) is 16.1 Å². The van der Waals surface area contributed by atoms with Crippen LogP contribution >= 0.6 is 0 Å². The number of ether oxygens (including phenoxy) is 1. The summed E-state index contributed by atoms with van der Waals surface area (Å²) < 4.78 is 5.86. The fourth-order valence-electron chi connectivity index (χ4n) is 2.46. The molecule has 4 amide bonds. The van der Waals surface area contributed by atoms with Gasteiger partial charge >= 0.3 is 6.03 Å². The molecule has 3 rings (SSSR count). The highest BCUT2D eigenvalue weighted by atomic mass is 16.5. The molecule has 0 unspecified atom stereocenters. The summed E-state index contributed by atoms with van der Waals surface area (Å²) in [6.07, 6.45) is 1.61. The van der Waals surface area contributed by atoms with Crippen molar-refractivity contribution in [1.82, 2.24) is 20.5 Å². The Bertz CT molecular complexity index is 853. The maximum absolute atomic E-state index is 12.0. The summed E-state index contributed by atoms with van der Waals surface area (Å²) in [6, 6.07) is 10.6. The number of amides is 4. The second-order valence-electron chi connectivity index (χ2n) is 5.82. The van der Waals surface area contributed by atoms with Crippen LogP contribution in [0, 0.1) is 6.92 Å². The van der Waals surface area contributed by atoms with E-state index in [4.69, 9.17) is 4.74 Å². The normalized spacial score (nSPS) is 13.5. The Morgan fingerprint density at radius 1 is 1.27 bits per heavy atom. The molecule has 2 heterocycles. The molecule has 2 N–H and O–H groups in total. The smallest absolute Gasteiger partial charge is 0.325 e. The van der Waals surface area contributed by atoms with Crippen LogP contribution in [0.3, 0.4) is 0 Å². The van der Waals surface area contributed by atoms with Gasteiger partial charge in [0.15, 0.2) is 0 Å². The second-order valence-corrected chi connectivity index (χ2v) is 5.82. The van der Waals surface area contributed by atoms with Gasteiger partial charge in [0.05, 0.1) is 0 Å². The number of imide groups is 1. The molecular weight excluding hydrogens is 336 g/mol. The molecule has 1 aromatic carbocycles. The number of benzene rings is 1. The average molecular weight is 354 g/mol. The maximum atomic E-state index is 12.0. The molecule has 1 aliphatic rings. The van der Waals surface area contributed by atoms with E-state index >= 15 is 0 Å². The lowest BCUT2D eigenvalue weighted by molar-refractivity contribution is -0.122. The standard InChI is InChI=1S/C18H18N4O4/c1-12-5-2-3-7-14(12)26-17-13(6-4-8-19-17)9-20-15(23)10-22-11-16(24)21-18(22)25/h2-8H,9-11H2,1H3,(H,20,23)(H,21,24,25). The summed E-state index contributed by atoms with van der Waals surface area (Å²) in [5.74, 6) is 0.298. The van der Waals surface area contributed by atoms with Gasteiger partial charge in [-0.15, -0.1) is 0 Å². The van der Waals surface area contributed by atoms with E-state index < -0.39 is 11.9 Å². The summed E-state index contributed by atoms with van der Waals surface area (Å²) in [5.41, 5.74) is 1.67. The first-order chi connectivity index (χ1) is 12.5. The summed E-state index contributed by atoms with van der Waals surface area (Å²) >= 11 is 0. The Balaban J connectivity index is 1.62. The van der Waals surface area contributed by atoms with Crippen molar-refractivity contribution in [1.29, 1.82) is 0 Å². The summed E-state index contributed by atoms with van der Waals surface area (Å²) in [5, 5.41) is 4.84. The average Bonchev–Trinajstić information content (AvgIpc) is 2.93. The van der Waals surface area contributed by atoms with Gasteiger partial charge in [-0.2, -0.15) is 0 Å². The number of aromatic nitrogens is 1. The Hall–Kier alpha value is -3.42. The fourth-order valence-corrected chi connectivity index (χ4v) is 2.46. The molecule has 0 bridgehead atoms. The Labute approximate surface area is 150 Å². The van der Waals surface area contributed by atoms with Crippen LogP contribution in [-0.4, -0.2) is 40.8 Å². The van der Waals surface area contributed by atoms with Gasteiger partial charge in [-0.05, 0) is 24.6 Å². The maximum Gasteiger partial charge on any atom is 0.325 e. The number of urea groups is 1. The minimum atomic E-state index is -0.560. The van der Waals surface area contributed by atoms with E-state index in [0.717, 1.165) is 10.5 Å². The molecule has 0 aliphatic carbocycles. The molecule has 0 spiro atoms. The predicted octanol–water partition coefficient (Wildman–Crippen LogP) is 1.35. The van der Waals surface area contributed by atoms with E-state index in [0.29, 0.717) is 17.2 Å². The van der Waals surface area contributed by atoms with Gasteiger partial charge < -0.3 is 15.0 Å². The number of hydrogen-bond acceptors (Lipinski definition) is 5. The van der Waals surface area contributed by atoms with Crippen molar-refractivity contribution in [2.75, 3.05) is 13.1 Å². The minimum Gasteiger partial charge on any atom is -0.438 e. The number of carbonyl (C=O) groups is 3. The summed E-state index contributed by atoms with van der Waals surface area (Å²) in [7, 11) is 0. The highest BCUT2D eigenvalue weighted by Gasteiger charge is 2.28. The van der Waals surface area contributed by atoms with Crippen LogP contribution in [0.2, 0.25) is 0 Å². The largest absolute Gasteiger partial charge is 0.438 e. The molecule has 1 saturated heterocycles. The fraction of sp³-hybridized carbons (Fsp3) is 0.222. The lowest BCUT2D eigenvalue weighted by atomic mass is 10.2. The Morgan fingerprint density at radius 3 is 2.81 bits per heavy atom. The van der Waals surface area contributed by atoms with Crippen molar-refractivity contribution in [3.8, 4) is 11.6 Å². The monoisotopic (exact) mass is 354 g/mol. The molecular formula is C18H18N4O4. The molecule has 2 aromatic rings. The zero-order valence-electron chi connectivity index (χ0n) is 14.2. The highest BCUT2D eigenvalue weighted by molar-refractivity contribution is 6.03. The van der Waals surface area contributed by atoms with Gasteiger partial charge in [-0.3, -0.25) is 14.9 Å². The third kappa shape index (κ3) is 4.15. The van der Waals surface area contributed by atoms with E-state index in [9.17, 15) is 14.4 Å². The Kier molecular flexibility index (Phi) is 5.12.